The molecule has 0 aliphatic carbocycles. The van der Waals surface area contributed by atoms with E-state index in [9.17, 15) is 4.39 Å². The third kappa shape index (κ3) is 3.55. The van der Waals surface area contributed by atoms with Gasteiger partial charge in [-0.15, -0.1) is 0 Å². The third-order valence-corrected chi connectivity index (χ3v) is 1.69. The van der Waals surface area contributed by atoms with Gasteiger partial charge in [-0.25, -0.2) is 4.39 Å². The summed E-state index contributed by atoms with van der Waals surface area (Å²) < 4.78 is 13.1. The molecule has 0 heterocycles. The van der Waals surface area contributed by atoms with E-state index in [0.717, 1.165) is 0 Å². The van der Waals surface area contributed by atoms with Crippen molar-refractivity contribution < 1.29 is 4.39 Å². The van der Waals surface area contributed by atoms with E-state index in [2.05, 4.69) is 0 Å². The largest absolute Gasteiger partial charge is 0.330 e. The molecule has 0 unspecified atom stereocenters. The molecule has 0 aromatic heterocycles. The van der Waals surface area contributed by atoms with E-state index in [1.54, 1.807) is 19.1 Å². The molecule has 1 aromatic rings. The Morgan fingerprint density at radius 1 is 1.31 bits per heavy atom. The van der Waals surface area contributed by atoms with Crippen LogP contribution in [0.3, 0.4) is 0 Å². The Hall–Kier alpha value is -0.890. The van der Waals surface area contributed by atoms with Crippen molar-refractivity contribution in [3.05, 3.63) is 35.1 Å². The smallest absolute Gasteiger partial charge is 0.129 e. The zero-order chi connectivity index (χ0) is 10.3. The molecule has 0 radical (unpaired) electrons. The molecule has 1 rings (SSSR count). The fourth-order valence-electron chi connectivity index (χ4n) is 1.06. The van der Waals surface area contributed by atoms with Crippen molar-refractivity contribution in [3.63, 3.8) is 0 Å². The lowest BCUT2D eigenvalue weighted by Gasteiger charge is -2.02. The molecule has 0 bridgehead atoms. The van der Waals surface area contributed by atoms with Crippen LogP contribution in [0.25, 0.3) is 0 Å². The van der Waals surface area contributed by atoms with Gasteiger partial charge >= 0.3 is 0 Å². The van der Waals surface area contributed by atoms with E-state index in [-0.39, 0.29) is 5.82 Å². The summed E-state index contributed by atoms with van der Waals surface area (Å²) in [5.41, 5.74) is 6.72. The molecule has 0 fully saturated rings. The molecule has 0 aliphatic rings. The molecule has 1 aromatic carbocycles. The first-order chi connectivity index (χ1) is 6.25. The summed E-state index contributed by atoms with van der Waals surface area (Å²) in [6.07, 6.45) is 0.619. The highest BCUT2D eigenvalue weighted by atomic mass is 19.1. The van der Waals surface area contributed by atoms with Crippen LogP contribution >= 0.6 is 0 Å². The maximum atomic E-state index is 13.1. The average Bonchev–Trinajstić information content (AvgIpc) is 2.17. The van der Waals surface area contributed by atoms with Gasteiger partial charge < -0.3 is 5.73 Å². The molecule has 0 amide bonds. The van der Waals surface area contributed by atoms with Crippen LogP contribution in [0.2, 0.25) is 0 Å². The fraction of sp³-hybridized carbons (Fsp3) is 0.455. The Bertz CT molecular complexity index is 246. The summed E-state index contributed by atoms with van der Waals surface area (Å²) in [6.45, 7) is 6.26. The van der Waals surface area contributed by atoms with Crippen molar-refractivity contribution in [2.45, 2.75) is 27.2 Å². The van der Waals surface area contributed by atoms with Crippen molar-refractivity contribution in [3.8, 4) is 0 Å². The number of nitrogens with two attached hydrogens (primary N) is 1. The van der Waals surface area contributed by atoms with E-state index in [1.807, 2.05) is 19.9 Å². The predicted octanol–water partition coefficient (Wildman–Crippen LogP) is 2.66. The van der Waals surface area contributed by atoms with Crippen LogP contribution in [0, 0.1) is 12.7 Å². The number of aryl methyl sites for hydroxylation is 1. The lowest BCUT2D eigenvalue weighted by molar-refractivity contribution is 0.600. The summed E-state index contributed by atoms with van der Waals surface area (Å²) >= 11 is 0. The first-order valence-corrected chi connectivity index (χ1v) is 4.69. The molecule has 74 valence electrons. The lowest BCUT2D eigenvalue weighted by atomic mass is 10.1. The van der Waals surface area contributed by atoms with E-state index in [0.29, 0.717) is 24.1 Å². The van der Waals surface area contributed by atoms with Crippen LogP contribution in [0.5, 0.6) is 0 Å². The SMILES string of the molecule is CC.Cc1cccc(CCN)c1F. The molecule has 0 aliphatic heterocycles. The van der Waals surface area contributed by atoms with Crippen molar-refractivity contribution in [1.29, 1.82) is 0 Å². The van der Waals surface area contributed by atoms with Crippen LogP contribution < -0.4 is 5.73 Å². The van der Waals surface area contributed by atoms with Gasteiger partial charge in [-0.2, -0.15) is 0 Å². The number of hydrogen-bond donors (Lipinski definition) is 1. The topological polar surface area (TPSA) is 26.0 Å². The van der Waals surface area contributed by atoms with Crippen LogP contribution in [0.4, 0.5) is 4.39 Å². The first-order valence-electron chi connectivity index (χ1n) is 4.69. The maximum Gasteiger partial charge on any atom is 0.129 e. The van der Waals surface area contributed by atoms with Gasteiger partial charge in [-0.1, -0.05) is 32.0 Å². The van der Waals surface area contributed by atoms with E-state index >= 15 is 0 Å². The van der Waals surface area contributed by atoms with Crippen LogP contribution in [0.15, 0.2) is 18.2 Å². The van der Waals surface area contributed by atoms with Gasteiger partial charge in [0.1, 0.15) is 5.82 Å². The van der Waals surface area contributed by atoms with Gasteiger partial charge in [0, 0.05) is 0 Å². The number of rotatable bonds is 2. The first kappa shape index (κ1) is 12.1. The molecule has 0 saturated carbocycles. The standard InChI is InChI=1S/C9H12FN.C2H6/c1-7-3-2-4-8(5-6-11)9(7)10;1-2/h2-4H,5-6,11H2,1H3;1-2H3. The van der Waals surface area contributed by atoms with Crippen molar-refractivity contribution in [2.24, 2.45) is 5.73 Å². The monoisotopic (exact) mass is 183 g/mol. The second kappa shape index (κ2) is 6.61. The summed E-state index contributed by atoms with van der Waals surface area (Å²) in [6, 6.07) is 5.38. The van der Waals surface area contributed by atoms with Crippen LogP contribution in [-0.2, 0) is 6.42 Å². The van der Waals surface area contributed by atoms with Gasteiger partial charge in [-0.3, -0.25) is 0 Å². The van der Waals surface area contributed by atoms with Gasteiger partial charge in [-0.05, 0) is 31.0 Å². The molecular weight excluding hydrogens is 165 g/mol. The minimum atomic E-state index is -0.113. The Kier molecular flexibility index (Phi) is 6.15. The predicted molar refractivity (Wildman–Crippen MR) is 55.2 cm³/mol. The normalized spacial score (nSPS) is 9.00. The fourth-order valence-corrected chi connectivity index (χ4v) is 1.06. The summed E-state index contributed by atoms with van der Waals surface area (Å²) in [5.74, 6) is -0.113. The van der Waals surface area contributed by atoms with E-state index in [4.69, 9.17) is 5.73 Å². The average molecular weight is 183 g/mol. The second-order valence-electron chi connectivity index (χ2n) is 2.59. The minimum absolute atomic E-state index is 0.113. The quantitative estimate of drug-likeness (QED) is 0.749. The zero-order valence-corrected chi connectivity index (χ0v) is 8.60. The van der Waals surface area contributed by atoms with E-state index < -0.39 is 0 Å². The van der Waals surface area contributed by atoms with Gasteiger partial charge in [0.05, 0.1) is 0 Å². The molecule has 0 atom stereocenters. The lowest BCUT2D eigenvalue weighted by Crippen LogP contribution is -2.04. The molecule has 1 nitrogen and oxygen atoms in total. The molecule has 2 N–H and O–H groups in total. The Morgan fingerprint density at radius 2 is 1.92 bits per heavy atom. The number of halogens is 1. The highest BCUT2D eigenvalue weighted by Gasteiger charge is 2.01. The molecule has 2 heteroatoms. The minimum Gasteiger partial charge on any atom is -0.330 e. The van der Waals surface area contributed by atoms with Crippen molar-refractivity contribution >= 4 is 0 Å². The molecule has 13 heavy (non-hydrogen) atoms. The number of hydrogen-bond acceptors (Lipinski definition) is 1. The highest BCUT2D eigenvalue weighted by Crippen LogP contribution is 2.11. The van der Waals surface area contributed by atoms with Crippen molar-refractivity contribution in [1.82, 2.24) is 0 Å². The molecular formula is C11H18FN. The Labute approximate surface area is 79.8 Å². The summed E-state index contributed by atoms with van der Waals surface area (Å²) in [4.78, 5) is 0. The van der Waals surface area contributed by atoms with E-state index in [1.165, 1.54) is 0 Å². The highest BCUT2D eigenvalue weighted by molar-refractivity contribution is 5.24. The van der Waals surface area contributed by atoms with Crippen molar-refractivity contribution in [2.75, 3.05) is 6.54 Å². The Morgan fingerprint density at radius 3 is 2.46 bits per heavy atom. The van der Waals surface area contributed by atoms with Gasteiger partial charge in [0.15, 0.2) is 0 Å². The van der Waals surface area contributed by atoms with Gasteiger partial charge in [0.2, 0.25) is 0 Å². The van der Waals surface area contributed by atoms with Gasteiger partial charge in [0.25, 0.3) is 0 Å². The second-order valence-corrected chi connectivity index (χ2v) is 2.59. The van der Waals surface area contributed by atoms with Crippen LogP contribution in [-0.4, -0.2) is 6.54 Å². The zero-order valence-electron chi connectivity index (χ0n) is 8.60. The maximum absolute atomic E-state index is 13.1. The third-order valence-electron chi connectivity index (χ3n) is 1.69. The number of benzene rings is 1. The summed E-state index contributed by atoms with van der Waals surface area (Å²) in [7, 11) is 0. The summed E-state index contributed by atoms with van der Waals surface area (Å²) in [5, 5.41) is 0. The molecule has 0 spiro atoms. The molecule has 0 saturated heterocycles. The van der Waals surface area contributed by atoms with Crippen LogP contribution in [0.1, 0.15) is 25.0 Å². The Balaban J connectivity index is 0.000000671.